The van der Waals surface area contributed by atoms with Crippen molar-refractivity contribution in [1.29, 1.82) is 0 Å². The molecule has 1 aromatic carbocycles. The highest BCUT2D eigenvalue weighted by Gasteiger charge is 2.35. The van der Waals surface area contributed by atoms with E-state index in [-0.39, 0.29) is 12.2 Å². The van der Waals surface area contributed by atoms with E-state index in [1.807, 2.05) is 0 Å². The molecule has 7 heteroatoms. The first-order chi connectivity index (χ1) is 12.2. The molecule has 0 amide bonds. The minimum absolute atomic E-state index is 0.0302. The zero-order valence-corrected chi connectivity index (χ0v) is 14.9. The average molecular weight is 366 g/mol. The zero-order chi connectivity index (χ0) is 19.3. The number of nitrogens with zero attached hydrogens (tertiary/aromatic N) is 2. The van der Waals surface area contributed by atoms with Crippen LogP contribution >= 0.6 is 0 Å². The van der Waals surface area contributed by atoms with E-state index < -0.39 is 11.7 Å². The van der Waals surface area contributed by atoms with E-state index in [9.17, 15) is 13.2 Å². The number of aromatic nitrogens is 1. The van der Waals surface area contributed by atoms with Gasteiger partial charge in [-0.25, -0.2) is 0 Å². The molecule has 2 aromatic rings. The van der Waals surface area contributed by atoms with E-state index in [4.69, 9.17) is 11.5 Å². The van der Waals surface area contributed by atoms with Gasteiger partial charge < -0.3 is 16.4 Å². The molecule has 2 heterocycles. The third-order valence-electron chi connectivity index (χ3n) is 4.38. The normalized spacial score (nSPS) is 15.4. The van der Waals surface area contributed by atoms with Gasteiger partial charge in [-0.3, -0.25) is 4.98 Å². The van der Waals surface area contributed by atoms with Crippen LogP contribution in [0.1, 0.15) is 30.7 Å². The third kappa shape index (κ3) is 4.95. The second kappa shape index (κ2) is 8.51. The summed E-state index contributed by atoms with van der Waals surface area (Å²) in [4.78, 5) is 6.32. The summed E-state index contributed by atoms with van der Waals surface area (Å²) in [6.07, 6.45) is -0.269. The van der Waals surface area contributed by atoms with Crippen molar-refractivity contribution in [1.82, 2.24) is 9.88 Å². The molecule has 0 spiro atoms. The molecule has 0 aliphatic carbocycles. The van der Waals surface area contributed by atoms with Gasteiger partial charge in [-0.2, -0.15) is 13.2 Å². The summed E-state index contributed by atoms with van der Waals surface area (Å²) in [6.45, 7) is 5.75. The number of rotatable bonds is 2. The Morgan fingerprint density at radius 2 is 1.85 bits per heavy atom. The fraction of sp³-hybridized carbons (Fsp3) is 0.421. The number of nitrogens with two attached hydrogens (primary N) is 2. The molecule has 0 radical (unpaired) electrons. The third-order valence-corrected chi connectivity index (χ3v) is 4.38. The van der Waals surface area contributed by atoms with Crippen molar-refractivity contribution in [3.63, 3.8) is 0 Å². The van der Waals surface area contributed by atoms with Crippen LogP contribution < -0.4 is 11.5 Å². The lowest BCUT2D eigenvalue weighted by Crippen LogP contribution is -2.24. The monoisotopic (exact) mass is 366 g/mol. The molecule has 142 valence electrons. The molecule has 4 nitrogen and oxygen atoms in total. The topological polar surface area (TPSA) is 68.2 Å². The van der Waals surface area contributed by atoms with Gasteiger partial charge in [0, 0.05) is 23.0 Å². The van der Waals surface area contributed by atoms with Crippen LogP contribution in [0.2, 0.25) is 0 Å². The second-order valence-corrected chi connectivity index (χ2v) is 6.45. The maximum Gasteiger partial charge on any atom is 0.417 e. The van der Waals surface area contributed by atoms with E-state index in [2.05, 4.69) is 23.5 Å². The van der Waals surface area contributed by atoms with Gasteiger partial charge in [0.15, 0.2) is 0 Å². The van der Waals surface area contributed by atoms with E-state index in [0.29, 0.717) is 22.2 Å². The number of allylic oxidation sites excluding steroid dienone is 1. The highest BCUT2D eigenvalue weighted by atomic mass is 19.4. The van der Waals surface area contributed by atoms with E-state index in [1.54, 1.807) is 18.2 Å². The number of likely N-dealkylation sites (tertiary alicyclic amines) is 1. The Hall–Kier alpha value is -2.12. The Labute approximate surface area is 151 Å². The molecule has 3 rings (SSSR count). The van der Waals surface area contributed by atoms with Crippen molar-refractivity contribution in [2.75, 3.05) is 25.9 Å². The number of halogens is 3. The summed E-state index contributed by atoms with van der Waals surface area (Å²) in [5.41, 5.74) is 10.7. The van der Waals surface area contributed by atoms with Crippen molar-refractivity contribution in [2.45, 2.75) is 32.0 Å². The molecule has 0 atom stereocenters. The zero-order valence-electron chi connectivity index (χ0n) is 14.9. The molecule has 1 fully saturated rings. The SMILES string of the molecule is C=C(c1nc(CN)cc2c(N)cccc12)C(F)(F)F.CN1CCCCC1. The second-order valence-electron chi connectivity index (χ2n) is 6.45. The first-order valence-corrected chi connectivity index (χ1v) is 8.57. The Balaban J connectivity index is 0.000000290. The number of hydrogen-bond donors (Lipinski definition) is 2. The quantitative estimate of drug-likeness (QED) is 0.790. The first-order valence-electron chi connectivity index (χ1n) is 8.57. The van der Waals surface area contributed by atoms with Crippen LogP contribution in [0, 0.1) is 0 Å². The standard InChI is InChI=1S/C13H12F3N3.C6H13N/c1-7(13(14,15)16)12-9-3-2-4-11(18)10(9)5-8(6-17)19-12;1-7-5-3-2-4-6-7/h2-5H,1,6,17-18H2;2-6H2,1H3. The number of alkyl halides is 3. The Bertz CT molecular complexity index is 765. The van der Waals surface area contributed by atoms with Crippen LogP contribution in [0.25, 0.3) is 16.3 Å². The van der Waals surface area contributed by atoms with Gasteiger partial charge in [-0.1, -0.05) is 25.1 Å². The molecule has 26 heavy (non-hydrogen) atoms. The van der Waals surface area contributed by atoms with Crippen LogP contribution in [-0.4, -0.2) is 36.2 Å². The minimum atomic E-state index is -4.54. The van der Waals surface area contributed by atoms with Gasteiger partial charge in [0.05, 0.1) is 17.0 Å². The van der Waals surface area contributed by atoms with Crippen LogP contribution in [0.5, 0.6) is 0 Å². The number of pyridine rings is 1. The predicted molar refractivity (Wildman–Crippen MR) is 100 cm³/mol. The van der Waals surface area contributed by atoms with Gasteiger partial charge >= 0.3 is 6.18 Å². The predicted octanol–water partition coefficient (Wildman–Crippen LogP) is 3.95. The van der Waals surface area contributed by atoms with Crippen molar-refractivity contribution in [2.24, 2.45) is 5.73 Å². The van der Waals surface area contributed by atoms with Gasteiger partial charge in [-0.05, 0) is 45.1 Å². The average Bonchev–Trinajstić information content (AvgIpc) is 2.61. The molecule has 1 saturated heterocycles. The summed E-state index contributed by atoms with van der Waals surface area (Å²) < 4.78 is 38.4. The number of piperidine rings is 1. The highest BCUT2D eigenvalue weighted by molar-refractivity contribution is 5.99. The van der Waals surface area contributed by atoms with E-state index >= 15 is 0 Å². The summed E-state index contributed by atoms with van der Waals surface area (Å²) in [6, 6.07) is 6.32. The molecular weight excluding hydrogens is 341 g/mol. The first kappa shape index (κ1) is 20.2. The van der Waals surface area contributed by atoms with Crippen LogP contribution in [0.15, 0.2) is 30.8 Å². The Morgan fingerprint density at radius 1 is 1.19 bits per heavy atom. The lowest BCUT2D eigenvalue weighted by molar-refractivity contribution is -0.0688. The minimum Gasteiger partial charge on any atom is -0.398 e. The summed E-state index contributed by atoms with van der Waals surface area (Å²) in [5.74, 6) is 0. The fourth-order valence-corrected chi connectivity index (χ4v) is 2.87. The number of benzene rings is 1. The lowest BCUT2D eigenvalue weighted by atomic mass is 10.0. The smallest absolute Gasteiger partial charge is 0.398 e. The molecule has 1 aliphatic rings. The Morgan fingerprint density at radius 3 is 2.35 bits per heavy atom. The van der Waals surface area contributed by atoms with Gasteiger partial charge in [0.25, 0.3) is 0 Å². The molecular formula is C19H25F3N4. The van der Waals surface area contributed by atoms with Crippen molar-refractivity contribution < 1.29 is 13.2 Å². The van der Waals surface area contributed by atoms with Crippen molar-refractivity contribution >= 4 is 22.0 Å². The number of hydrogen-bond acceptors (Lipinski definition) is 4. The maximum absolute atomic E-state index is 12.8. The number of nitrogen functional groups attached to an aromatic ring is 1. The van der Waals surface area contributed by atoms with Crippen molar-refractivity contribution in [3.05, 3.63) is 42.2 Å². The van der Waals surface area contributed by atoms with Gasteiger partial charge in [0.2, 0.25) is 0 Å². The Kier molecular flexibility index (Phi) is 6.61. The molecule has 4 N–H and O–H groups in total. The largest absolute Gasteiger partial charge is 0.417 e. The molecule has 1 aromatic heterocycles. The van der Waals surface area contributed by atoms with E-state index in [1.165, 1.54) is 38.4 Å². The van der Waals surface area contributed by atoms with Gasteiger partial charge in [-0.15, -0.1) is 0 Å². The highest BCUT2D eigenvalue weighted by Crippen LogP contribution is 2.36. The van der Waals surface area contributed by atoms with Crippen molar-refractivity contribution in [3.8, 4) is 0 Å². The molecule has 0 bridgehead atoms. The summed E-state index contributed by atoms with van der Waals surface area (Å²) in [5, 5.41) is 0.817. The van der Waals surface area contributed by atoms with E-state index in [0.717, 1.165) is 0 Å². The fourth-order valence-electron chi connectivity index (χ4n) is 2.87. The number of fused-ring (bicyclic) bond motifs is 1. The molecule has 0 unspecified atom stereocenters. The lowest BCUT2D eigenvalue weighted by Gasteiger charge is -2.20. The molecule has 0 saturated carbocycles. The van der Waals surface area contributed by atoms with Crippen LogP contribution in [0.3, 0.4) is 0 Å². The van der Waals surface area contributed by atoms with Crippen LogP contribution in [0.4, 0.5) is 18.9 Å². The molecule has 1 aliphatic heterocycles. The van der Waals surface area contributed by atoms with Gasteiger partial charge in [0.1, 0.15) is 0 Å². The summed E-state index contributed by atoms with van der Waals surface area (Å²) >= 11 is 0. The maximum atomic E-state index is 12.8. The van der Waals surface area contributed by atoms with Crippen LogP contribution in [-0.2, 0) is 6.54 Å². The number of anilines is 1. The summed E-state index contributed by atoms with van der Waals surface area (Å²) in [7, 11) is 2.19.